The highest BCUT2D eigenvalue weighted by Gasteiger charge is 2.23. The van der Waals surface area contributed by atoms with Crippen LogP contribution in [0.25, 0.3) is 0 Å². The van der Waals surface area contributed by atoms with Crippen LogP contribution in [0, 0.1) is 5.92 Å². The van der Waals surface area contributed by atoms with Crippen molar-refractivity contribution in [2.24, 2.45) is 11.7 Å². The fourth-order valence-electron chi connectivity index (χ4n) is 1.95. The zero-order valence-corrected chi connectivity index (χ0v) is 8.98. The molecule has 1 aliphatic rings. The van der Waals surface area contributed by atoms with E-state index in [9.17, 15) is 0 Å². The molecule has 14 heavy (non-hydrogen) atoms. The van der Waals surface area contributed by atoms with E-state index in [0.717, 1.165) is 32.7 Å². The summed E-state index contributed by atoms with van der Waals surface area (Å²) in [5.41, 5.74) is 5.60. The van der Waals surface area contributed by atoms with Crippen LogP contribution in [0.15, 0.2) is 0 Å². The number of hydrogen-bond acceptors (Lipinski definition) is 4. The molecule has 84 valence electrons. The van der Waals surface area contributed by atoms with Gasteiger partial charge in [0.2, 0.25) is 0 Å². The van der Waals surface area contributed by atoms with Crippen molar-refractivity contribution in [2.75, 3.05) is 39.4 Å². The van der Waals surface area contributed by atoms with Gasteiger partial charge in [0.05, 0.1) is 6.10 Å². The Morgan fingerprint density at radius 3 is 2.93 bits per heavy atom. The minimum Gasteiger partial charge on any atom is -0.396 e. The molecule has 0 spiro atoms. The van der Waals surface area contributed by atoms with E-state index in [1.807, 2.05) is 6.92 Å². The van der Waals surface area contributed by atoms with Gasteiger partial charge < -0.3 is 20.5 Å². The van der Waals surface area contributed by atoms with Gasteiger partial charge in [-0.05, 0) is 25.8 Å². The zero-order chi connectivity index (χ0) is 10.4. The van der Waals surface area contributed by atoms with Gasteiger partial charge >= 0.3 is 0 Å². The van der Waals surface area contributed by atoms with Gasteiger partial charge in [-0.2, -0.15) is 0 Å². The Hall–Kier alpha value is -0.160. The second-order valence-corrected chi connectivity index (χ2v) is 3.91. The van der Waals surface area contributed by atoms with Crippen LogP contribution in [0.4, 0.5) is 0 Å². The van der Waals surface area contributed by atoms with Crippen LogP contribution in [-0.4, -0.2) is 55.5 Å². The van der Waals surface area contributed by atoms with Gasteiger partial charge in [-0.25, -0.2) is 0 Å². The number of hydrogen-bond donors (Lipinski definition) is 2. The van der Waals surface area contributed by atoms with Crippen LogP contribution in [0.1, 0.15) is 13.3 Å². The minimum atomic E-state index is 0.150. The highest BCUT2D eigenvalue weighted by Crippen LogP contribution is 2.15. The molecule has 1 saturated heterocycles. The highest BCUT2D eigenvalue weighted by atomic mass is 16.5. The predicted molar refractivity (Wildman–Crippen MR) is 56.1 cm³/mol. The van der Waals surface area contributed by atoms with E-state index < -0.39 is 0 Å². The third-order valence-corrected chi connectivity index (χ3v) is 2.76. The summed E-state index contributed by atoms with van der Waals surface area (Å²) in [5, 5.41) is 9.00. The van der Waals surface area contributed by atoms with Crippen molar-refractivity contribution >= 4 is 0 Å². The Bertz CT molecular complexity index is 155. The molecule has 2 atom stereocenters. The van der Waals surface area contributed by atoms with Crippen LogP contribution in [0.2, 0.25) is 0 Å². The fourth-order valence-corrected chi connectivity index (χ4v) is 1.95. The SMILES string of the molecule is CCOC(CN)CN1CCC(CO)C1. The molecule has 0 aromatic carbocycles. The summed E-state index contributed by atoms with van der Waals surface area (Å²) >= 11 is 0. The molecule has 0 bridgehead atoms. The summed E-state index contributed by atoms with van der Waals surface area (Å²) in [4.78, 5) is 2.33. The molecule has 0 aliphatic carbocycles. The van der Waals surface area contributed by atoms with Crippen molar-refractivity contribution < 1.29 is 9.84 Å². The summed E-state index contributed by atoms with van der Waals surface area (Å²) in [6.07, 6.45) is 1.25. The van der Waals surface area contributed by atoms with Crippen molar-refractivity contribution in [3.05, 3.63) is 0 Å². The second kappa shape index (κ2) is 6.35. The fraction of sp³-hybridized carbons (Fsp3) is 1.00. The van der Waals surface area contributed by atoms with Gasteiger partial charge in [0.15, 0.2) is 0 Å². The summed E-state index contributed by atoms with van der Waals surface area (Å²) in [6, 6.07) is 0. The second-order valence-electron chi connectivity index (χ2n) is 3.91. The first-order chi connectivity index (χ1) is 6.80. The number of nitrogens with zero attached hydrogens (tertiary/aromatic N) is 1. The van der Waals surface area contributed by atoms with Crippen molar-refractivity contribution in [1.29, 1.82) is 0 Å². The lowest BCUT2D eigenvalue weighted by molar-refractivity contribution is 0.0433. The number of aliphatic hydroxyl groups is 1. The Balaban J connectivity index is 2.22. The average molecular weight is 202 g/mol. The van der Waals surface area contributed by atoms with Crippen LogP contribution in [-0.2, 0) is 4.74 Å². The van der Waals surface area contributed by atoms with E-state index in [2.05, 4.69) is 4.90 Å². The molecule has 4 nitrogen and oxygen atoms in total. The minimum absolute atomic E-state index is 0.150. The van der Waals surface area contributed by atoms with E-state index in [0.29, 0.717) is 19.1 Å². The topological polar surface area (TPSA) is 58.7 Å². The van der Waals surface area contributed by atoms with Crippen LogP contribution in [0.3, 0.4) is 0 Å². The Kier molecular flexibility index (Phi) is 5.40. The maximum atomic E-state index is 9.00. The molecule has 0 aromatic heterocycles. The first kappa shape index (κ1) is 11.9. The molecule has 3 N–H and O–H groups in total. The summed E-state index contributed by atoms with van der Waals surface area (Å²) < 4.78 is 5.49. The van der Waals surface area contributed by atoms with Crippen LogP contribution < -0.4 is 5.73 Å². The Morgan fingerprint density at radius 1 is 1.64 bits per heavy atom. The number of nitrogens with two attached hydrogens (primary N) is 1. The lowest BCUT2D eigenvalue weighted by Gasteiger charge is -2.22. The van der Waals surface area contributed by atoms with Crippen molar-refractivity contribution in [2.45, 2.75) is 19.4 Å². The van der Waals surface area contributed by atoms with Gasteiger partial charge in [-0.3, -0.25) is 0 Å². The molecule has 1 heterocycles. The molecule has 1 aliphatic heterocycles. The maximum Gasteiger partial charge on any atom is 0.0823 e. The molecule has 0 amide bonds. The van der Waals surface area contributed by atoms with Gasteiger partial charge in [0, 0.05) is 32.8 Å². The smallest absolute Gasteiger partial charge is 0.0823 e. The lowest BCUT2D eigenvalue weighted by Crippen LogP contribution is -2.37. The molecule has 0 aromatic rings. The first-order valence-electron chi connectivity index (χ1n) is 5.45. The van der Waals surface area contributed by atoms with E-state index in [1.165, 1.54) is 0 Å². The number of aliphatic hydroxyl groups excluding tert-OH is 1. The summed E-state index contributed by atoms with van der Waals surface area (Å²) in [5.74, 6) is 0.454. The monoisotopic (exact) mass is 202 g/mol. The normalized spacial score (nSPS) is 25.5. The van der Waals surface area contributed by atoms with E-state index >= 15 is 0 Å². The molecule has 1 rings (SSSR count). The van der Waals surface area contributed by atoms with Crippen LogP contribution in [0.5, 0.6) is 0 Å². The Morgan fingerprint density at radius 2 is 2.43 bits per heavy atom. The third kappa shape index (κ3) is 3.53. The van der Waals surface area contributed by atoms with Gasteiger partial charge in [0.1, 0.15) is 0 Å². The van der Waals surface area contributed by atoms with E-state index in [1.54, 1.807) is 0 Å². The van der Waals surface area contributed by atoms with Crippen molar-refractivity contribution in [3.8, 4) is 0 Å². The van der Waals surface area contributed by atoms with Crippen molar-refractivity contribution in [3.63, 3.8) is 0 Å². The molecule has 2 unspecified atom stereocenters. The van der Waals surface area contributed by atoms with Gasteiger partial charge in [-0.1, -0.05) is 0 Å². The Labute approximate surface area is 86.0 Å². The first-order valence-corrected chi connectivity index (χ1v) is 5.45. The zero-order valence-electron chi connectivity index (χ0n) is 8.98. The molecule has 1 fully saturated rings. The van der Waals surface area contributed by atoms with Gasteiger partial charge in [0.25, 0.3) is 0 Å². The van der Waals surface area contributed by atoms with Crippen LogP contribution >= 0.6 is 0 Å². The number of ether oxygens (including phenoxy) is 1. The van der Waals surface area contributed by atoms with E-state index in [-0.39, 0.29) is 6.10 Å². The predicted octanol–water partition coefficient (Wildman–Crippen LogP) is -0.336. The highest BCUT2D eigenvalue weighted by molar-refractivity contribution is 4.77. The average Bonchev–Trinajstić information content (AvgIpc) is 2.65. The molecular weight excluding hydrogens is 180 g/mol. The maximum absolute atomic E-state index is 9.00. The molecule has 4 heteroatoms. The quantitative estimate of drug-likeness (QED) is 0.619. The lowest BCUT2D eigenvalue weighted by atomic mass is 10.1. The largest absolute Gasteiger partial charge is 0.396 e. The van der Waals surface area contributed by atoms with E-state index in [4.69, 9.17) is 15.6 Å². The molecule has 0 saturated carbocycles. The standard InChI is InChI=1S/C10H22N2O2/c1-2-14-10(5-11)7-12-4-3-9(6-12)8-13/h9-10,13H,2-8,11H2,1H3. The third-order valence-electron chi connectivity index (χ3n) is 2.76. The van der Waals surface area contributed by atoms with Crippen molar-refractivity contribution in [1.82, 2.24) is 4.90 Å². The molecular formula is C10H22N2O2. The summed E-state index contributed by atoms with van der Waals surface area (Å²) in [6.45, 7) is 6.55. The number of rotatable bonds is 6. The summed E-state index contributed by atoms with van der Waals surface area (Å²) in [7, 11) is 0. The van der Waals surface area contributed by atoms with Gasteiger partial charge in [-0.15, -0.1) is 0 Å². The molecule has 0 radical (unpaired) electrons. The number of likely N-dealkylation sites (tertiary alicyclic amines) is 1.